The summed E-state index contributed by atoms with van der Waals surface area (Å²) in [6.45, 7) is 0. The maximum Gasteiger partial charge on any atom is 0.252 e. The molecule has 0 unspecified atom stereocenters. The zero-order valence-corrected chi connectivity index (χ0v) is 16.5. The van der Waals surface area contributed by atoms with Gasteiger partial charge in [0.2, 0.25) is 5.91 Å². The Labute approximate surface area is 166 Å². The van der Waals surface area contributed by atoms with Gasteiger partial charge < -0.3 is 21.1 Å². The molecule has 10 heteroatoms. The number of H-pyrrole nitrogens is 1. The van der Waals surface area contributed by atoms with E-state index in [1.807, 2.05) is 30.5 Å². The van der Waals surface area contributed by atoms with Crippen LogP contribution in [0.25, 0.3) is 10.2 Å². The van der Waals surface area contributed by atoms with Crippen molar-refractivity contribution in [1.82, 2.24) is 4.98 Å². The zero-order chi connectivity index (χ0) is 19.6. The van der Waals surface area contributed by atoms with Gasteiger partial charge in [-0.25, -0.2) is 0 Å². The first-order chi connectivity index (χ1) is 12.9. The first-order valence-corrected chi connectivity index (χ1v) is 10.7. The van der Waals surface area contributed by atoms with Crippen LogP contribution in [0.1, 0.15) is 10.4 Å². The molecule has 0 aliphatic rings. The number of thiophene rings is 1. The number of primary amides is 1. The normalized spacial score (nSPS) is 10.9. The van der Waals surface area contributed by atoms with Gasteiger partial charge in [0.05, 0.1) is 25.7 Å². The Morgan fingerprint density at radius 2 is 2.00 bits per heavy atom. The average molecular weight is 422 g/mol. The molecule has 0 saturated heterocycles. The fourth-order valence-electron chi connectivity index (χ4n) is 2.39. The summed E-state index contributed by atoms with van der Waals surface area (Å²) in [5, 5.41) is 12.7. The van der Waals surface area contributed by atoms with Crippen molar-refractivity contribution in [2.45, 2.75) is 9.10 Å². The number of fused-ring (bicyclic) bond motifs is 1. The van der Waals surface area contributed by atoms with Crippen molar-refractivity contribution in [1.29, 1.82) is 0 Å². The highest BCUT2D eigenvalue weighted by Crippen LogP contribution is 2.40. The van der Waals surface area contributed by atoms with Crippen molar-refractivity contribution < 1.29 is 14.7 Å². The summed E-state index contributed by atoms with van der Waals surface area (Å²) in [6.07, 6.45) is 1.97. The summed E-state index contributed by atoms with van der Waals surface area (Å²) in [6, 6.07) is 8.47. The molecular weight excluding hydrogens is 406 g/mol. The Morgan fingerprint density at radius 1 is 1.30 bits per heavy atom. The summed E-state index contributed by atoms with van der Waals surface area (Å²) in [5.74, 6) is -1.17. The minimum Gasteiger partial charge on any atom is -0.506 e. The number of anilines is 1. The summed E-state index contributed by atoms with van der Waals surface area (Å²) in [5.41, 5.74) is 5.86. The number of amides is 2. The van der Waals surface area contributed by atoms with Gasteiger partial charge in [-0.15, -0.1) is 34.9 Å². The van der Waals surface area contributed by atoms with Crippen molar-refractivity contribution in [3.63, 3.8) is 0 Å². The molecule has 5 N–H and O–H groups in total. The van der Waals surface area contributed by atoms with Crippen LogP contribution in [-0.2, 0) is 4.79 Å². The van der Waals surface area contributed by atoms with Crippen LogP contribution in [0.2, 0.25) is 0 Å². The van der Waals surface area contributed by atoms with Gasteiger partial charge in [-0.05, 0) is 30.5 Å². The Hall–Kier alpha value is -2.43. The lowest BCUT2D eigenvalue weighted by Gasteiger charge is -2.06. The third-order valence-corrected chi connectivity index (χ3v) is 6.81. The maximum atomic E-state index is 12.2. The van der Waals surface area contributed by atoms with Crippen molar-refractivity contribution >= 4 is 62.6 Å². The van der Waals surface area contributed by atoms with E-state index in [9.17, 15) is 19.5 Å². The van der Waals surface area contributed by atoms with Gasteiger partial charge in [0.15, 0.2) is 0 Å². The highest BCUT2D eigenvalue weighted by molar-refractivity contribution is 8.02. The third-order valence-electron chi connectivity index (χ3n) is 3.58. The fraction of sp³-hybridized carbons (Fsp3) is 0.118. The molecule has 0 atom stereocenters. The van der Waals surface area contributed by atoms with Crippen molar-refractivity contribution in [2.75, 3.05) is 17.3 Å². The van der Waals surface area contributed by atoms with Gasteiger partial charge in [0, 0.05) is 16.6 Å². The van der Waals surface area contributed by atoms with Gasteiger partial charge >= 0.3 is 0 Å². The molecule has 2 heterocycles. The fourth-order valence-corrected chi connectivity index (χ4v) is 5.05. The van der Waals surface area contributed by atoms with Crippen molar-refractivity contribution in [3.05, 3.63) is 46.2 Å². The second kappa shape index (κ2) is 8.07. The summed E-state index contributed by atoms with van der Waals surface area (Å²) in [7, 11) is 0. The number of thioether (sulfide) groups is 2. The number of aromatic hydroxyl groups is 1. The van der Waals surface area contributed by atoms with Crippen molar-refractivity contribution in [2.24, 2.45) is 5.73 Å². The molecule has 0 spiro atoms. The molecule has 0 saturated carbocycles. The second-order valence-corrected chi connectivity index (χ2v) is 8.56. The van der Waals surface area contributed by atoms with E-state index in [0.717, 1.165) is 34.1 Å². The van der Waals surface area contributed by atoms with Crippen LogP contribution in [-0.4, -0.2) is 33.9 Å². The molecule has 0 aliphatic carbocycles. The summed E-state index contributed by atoms with van der Waals surface area (Å²) >= 11 is 3.83. The van der Waals surface area contributed by atoms with E-state index in [2.05, 4.69) is 10.3 Å². The van der Waals surface area contributed by atoms with E-state index in [-0.39, 0.29) is 28.5 Å². The number of hydrogen-bond donors (Lipinski definition) is 4. The van der Waals surface area contributed by atoms with Crippen LogP contribution < -0.4 is 16.6 Å². The number of hydrogen-bond acceptors (Lipinski definition) is 7. The van der Waals surface area contributed by atoms with Gasteiger partial charge in [-0.2, -0.15) is 0 Å². The van der Waals surface area contributed by atoms with E-state index < -0.39 is 11.5 Å². The van der Waals surface area contributed by atoms with Gasteiger partial charge in [-0.1, -0.05) is 0 Å². The minimum atomic E-state index is -0.738. The minimum absolute atomic E-state index is 0.0440. The molecule has 2 aromatic heterocycles. The van der Waals surface area contributed by atoms with Gasteiger partial charge in [0.25, 0.3) is 11.5 Å². The monoisotopic (exact) mass is 421 g/mol. The number of nitrogens with one attached hydrogen (secondary N) is 2. The second-order valence-electron chi connectivity index (χ2n) is 5.42. The van der Waals surface area contributed by atoms with E-state index in [1.54, 1.807) is 11.8 Å². The standard InChI is InChI=1S/C17H15N3O4S3/c1-25-9-4-2-8(3-5-9)19-12(23)7-26-17-13(16(18)24)14-15(27-17)10(21)6-11(22)20-14/h2-6H,7H2,1H3,(H2,18,24)(H,19,23)(H2,20,21,22). The average Bonchev–Trinajstić information content (AvgIpc) is 2.99. The first kappa shape index (κ1) is 19.3. The highest BCUT2D eigenvalue weighted by Gasteiger charge is 2.21. The molecule has 2 amide bonds. The SMILES string of the molecule is CSc1ccc(NC(=O)CSc2sc3c(O)cc(=O)[nH]c3c2C(N)=O)cc1. The largest absolute Gasteiger partial charge is 0.506 e. The molecule has 1 aromatic carbocycles. The molecule has 0 bridgehead atoms. The molecule has 0 radical (unpaired) electrons. The molecule has 140 valence electrons. The van der Waals surface area contributed by atoms with Crippen LogP contribution in [0.3, 0.4) is 0 Å². The molecule has 0 fully saturated rings. The molecule has 0 aliphatic heterocycles. The third kappa shape index (κ3) is 4.29. The summed E-state index contributed by atoms with van der Waals surface area (Å²) in [4.78, 5) is 39.2. The van der Waals surface area contributed by atoms with Crippen LogP contribution in [0, 0.1) is 0 Å². The Morgan fingerprint density at radius 3 is 2.63 bits per heavy atom. The molecule has 3 rings (SSSR count). The smallest absolute Gasteiger partial charge is 0.252 e. The Kier molecular flexibility index (Phi) is 5.78. The van der Waals surface area contributed by atoms with E-state index >= 15 is 0 Å². The van der Waals surface area contributed by atoms with E-state index in [0.29, 0.717) is 14.6 Å². The number of aromatic nitrogens is 1. The number of aromatic amines is 1. The lowest BCUT2D eigenvalue weighted by molar-refractivity contribution is -0.113. The molecule has 7 nitrogen and oxygen atoms in total. The highest BCUT2D eigenvalue weighted by atomic mass is 32.2. The lowest BCUT2D eigenvalue weighted by Crippen LogP contribution is -2.15. The van der Waals surface area contributed by atoms with E-state index in [1.165, 1.54) is 0 Å². The topological polar surface area (TPSA) is 125 Å². The van der Waals surface area contributed by atoms with E-state index in [4.69, 9.17) is 5.73 Å². The number of pyridine rings is 1. The molecule has 3 aromatic rings. The lowest BCUT2D eigenvalue weighted by atomic mass is 10.2. The van der Waals surface area contributed by atoms with Crippen LogP contribution in [0.5, 0.6) is 5.75 Å². The molecular formula is C17H15N3O4S3. The van der Waals surface area contributed by atoms with Crippen LogP contribution in [0.15, 0.2) is 44.2 Å². The van der Waals surface area contributed by atoms with Gasteiger partial charge in [0.1, 0.15) is 5.75 Å². The Bertz CT molecular complexity index is 1070. The number of carbonyl (C=O) groups excluding carboxylic acids is 2. The van der Waals surface area contributed by atoms with Crippen molar-refractivity contribution in [3.8, 4) is 5.75 Å². The number of rotatable bonds is 6. The quantitative estimate of drug-likeness (QED) is 0.454. The van der Waals surface area contributed by atoms with Gasteiger partial charge in [-0.3, -0.25) is 14.4 Å². The predicted molar refractivity (Wildman–Crippen MR) is 110 cm³/mol. The Balaban J connectivity index is 1.78. The van der Waals surface area contributed by atoms with Crippen LogP contribution in [0.4, 0.5) is 5.69 Å². The summed E-state index contributed by atoms with van der Waals surface area (Å²) < 4.78 is 0.807. The number of carbonyl (C=O) groups is 2. The van der Waals surface area contributed by atoms with Crippen LogP contribution >= 0.6 is 34.9 Å². The maximum absolute atomic E-state index is 12.2. The number of nitrogens with two attached hydrogens (primary N) is 1. The zero-order valence-electron chi connectivity index (χ0n) is 14.1. The number of benzene rings is 1. The first-order valence-electron chi connectivity index (χ1n) is 7.64. The predicted octanol–water partition coefficient (Wildman–Crippen LogP) is 2.85. The molecule has 27 heavy (non-hydrogen) atoms.